The number of alkyl halides is 1. The molecule has 254 valence electrons. The summed E-state index contributed by atoms with van der Waals surface area (Å²) >= 11 is 0. The number of hydrogen-bond acceptors (Lipinski definition) is 8. The summed E-state index contributed by atoms with van der Waals surface area (Å²) in [5.74, 6) is 1.28. The maximum atomic E-state index is 16.9. The molecule has 1 N–H and O–H groups in total. The first-order valence-electron chi connectivity index (χ1n) is 16.9. The molecule has 2 atom stereocenters. The number of hydrogen-bond donors (Lipinski definition) is 1. The molecule has 5 heterocycles. The van der Waals surface area contributed by atoms with E-state index in [1.165, 1.54) is 30.5 Å². The fraction of sp³-hybridized carbons (Fsp3) is 0.459. The Labute approximate surface area is 282 Å². The van der Waals surface area contributed by atoms with Crippen molar-refractivity contribution in [3.8, 4) is 35.4 Å². The Balaban J connectivity index is 1.20. The molecular weight excluding hydrogens is 633 g/mol. The maximum Gasteiger partial charge on any atom is 0.319 e. The van der Waals surface area contributed by atoms with Crippen molar-refractivity contribution < 1.29 is 27.8 Å². The predicted molar refractivity (Wildman–Crippen MR) is 179 cm³/mol. The number of aromatic hydroxyl groups is 1. The average Bonchev–Trinajstić information content (AvgIpc) is 3.79. The third kappa shape index (κ3) is 5.67. The number of pyridine rings is 1. The van der Waals surface area contributed by atoms with Gasteiger partial charge in [0.25, 0.3) is 0 Å². The molecule has 0 radical (unpaired) electrons. The van der Waals surface area contributed by atoms with Gasteiger partial charge in [0.1, 0.15) is 34.8 Å². The second-order valence-corrected chi connectivity index (χ2v) is 14.1. The minimum absolute atomic E-state index is 0.00152. The summed E-state index contributed by atoms with van der Waals surface area (Å²) < 4.78 is 51.8. The van der Waals surface area contributed by atoms with E-state index in [0.29, 0.717) is 62.2 Å². The molecule has 2 aromatic heterocycles. The maximum absolute atomic E-state index is 16.9. The van der Waals surface area contributed by atoms with Gasteiger partial charge in [0.05, 0.1) is 17.6 Å². The van der Waals surface area contributed by atoms with Gasteiger partial charge < -0.3 is 24.5 Å². The summed E-state index contributed by atoms with van der Waals surface area (Å²) in [7, 11) is 0. The fourth-order valence-electron chi connectivity index (χ4n) is 8.13. The minimum Gasteiger partial charge on any atom is -0.508 e. The van der Waals surface area contributed by atoms with Crippen LogP contribution in [0.2, 0.25) is 0 Å². The molecule has 8 rings (SSSR count). The van der Waals surface area contributed by atoms with E-state index in [-0.39, 0.29) is 62.9 Å². The first-order chi connectivity index (χ1) is 23.6. The van der Waals surface area contributed by atoms with Gasteiger partial charge in [0, 0.05) is 74.3 Å². The van der Waals surface area contributed by atoms with Gasteiger partial charge in [-0.15, -0.1) is 6.42 Å². The third-order valence-corrected chi connectivity index (χ3v) is 10.8. The molecule has 1 aliphatic carbocycles. The summed E-state index contributed by atoms with van der Waals surface area (Å²) in [4.78, 5) is 32.6. The van der Waals surface area contributed by atoms with Crippen molar-refractivity contribution in [2.45, 2.75) is 63.7 Å². The molecule has 1 saturated carbocycles. The van der Waals surface area contributed by atoms with Gasteiger partial charge in [0.2, 0.25) is 5.91 Å². The van der Waals surface area contributed by atoms with Crippen molar-refractivity contribution in [3.63, 3.8) is 0 Å². The second-order valence-electron chi connectivity index (χ2n) is 14.1. The lowest BCUT2D eigenvalue weighted by molar-refractivity contribution is -0.132. The zero-order chi connectivity index (χ0) is 34.0. The Morgan fingerprint density at radius 1 is 1.10 bits per heavy atom. The number of terminal acetylenes is 1. The van der Waals surface area contributed by atoms with Crippen LogP contribution in [0.4, 0.5) is 19.0 Å². The lowest BCUT2D eigenvalue weighted by Gasteiger charge is -2.41. The van der Waals surface area contributed by atoms with Gasteiger partial charge >= 0.3 is 6.01 Å². The smallest absolute Gasteiger partial charge is 0.319 e. The van der Waals surface area contributed by atoms with Crippen molar-refractivity contribution in [2.24, 2.45) is 5.41 Å². The number of piperidine rings is 1. The van der Waals surface area contributed by atoms with Crippen LogP contribution in [0.25, 0.3) is 32.9 Å². The van der Waals surface area contributed by atoms with Gasteiger partial charge in [-0.25, -0.2) is 13.2 Å². The second kappa shape index (κ2) is 12.1. The standard InChI is InChI=1S/C37H37F3N6O3/c1-3-27-30(39)7-4-22-14-26(48)15-28(31(22)27)33-32(40)34-29(16-41-33)35(45-17-24-5-6-25(18-45)46(24)21(2)47)43-36(42-34)49-20-37(10-11-37)19-44-12-8-23(38)9-13-44/h1,4,7,14-16,23-25,48H,5-6,8-13,17-20H2,2H3. The average molecular weight is 671 g/mol. The zero-order valence-electron chi connectivity index (χ0n) is 27.3. The van der Waals surface area contributed by atoms with E-state index in [4.69, 9.17) is 16.1 Å². The number of fused-ring (bicyclic) bond motifs is 4. The Hall–Kier alpha value is -4.63. The molecule has 12 heteroatoms. The normalized spacial score (nSPS) is 22.1. The fourth-order valence-corrected chi connectivity index (χ4v) is 8.13. The Bertz CT molecular complexity index is 2010. The number of phenols is 1. The molecule has 4 aromatic rings. The van der Waals surface area contributed by atoms with Crippen LogP contribution >= 0.6 is 0 Å². The van der Waals surface area contributed by atoms with E-state index in [1.807, 2.05) is 4.90 Å². The number of benzene rings is 2. The molecule has 49 heavy (non-hydrogen) atoms. The number of piperazine rings is 1. The number of ether oxygens (including phenoxy) is 1. The first-order valence-corrected chi connectivity index (χ1v) is 16.9. The van der Waals surface area contributed by atoms with E-state index in [9.17, 15) is 18.7 Å². The van der Waals surface area contributed by atoms with Crippen LogP contribution < -0.4 is 9.64 Å². The molecule has 2 unspecified atom stereocenters. The van der Waals surface area contributed by atoms with E-state index in [2.05, 4.69) is 25.7 Å². The van der Waals surface area contributed by atoms with E-state index < -0.39 is 17.8 Å². The minimum atomic E-state index is -0.786. The van der Waals surface area contributed by atoms with Gasteiger partial charge in [0.15, 0.2) is 5.82 Å². The number of nitrogens with zero attached hydrogens (tertiary/aromatic N) is 6. The molecule has 3 aliphatic heterocycles. The number of aromatic nitrogens is 3. The van der Waals surface area contributed by atoms with E-state index in [1.54, 1.807) is 6.92 Å². The number of likely N-dealkylation sites (tertiary alicyclic amines) is 1. The molecule has 1 amide bonds. The molecule has 9 nitrogen and oxygen atoms in total. The zero-order valence-corrected chi connectivity index (χ0v) is 27.3. The number of halogens is 3. The third-order valence-electron chi connectivity index (χ3n) is 10.8. The van der Waals surface area contributed by atoms with Crippen LogP contribution in [0.15, 0.2) is 30.5 Å². The Kier molecular flexibility index (Phi) is 7.78. The van der Waals surface area contributed by atoms with Crippen molar-refractivity contribution >= 4 is 33.4 Å². The van der Waals surface area contributed by atoms with Gasteiger partial charge in [-0.1, -0.05) is 12.0 Å². The van der Waals surface area contributed by atoms with Crippen LogP contribution in [0.3, 0.4) is 0 Å². The van der Waals surface area contributed by atoms with Gasteiger partial charge in [-0.05, 0) is 62.1 Å². The number of amides is 1. The largest absolute Gasteiger partial charge is 0.508 e. The summed E-state index contributed by atoms with van der Waals surface area (Å²) in [6.45, 7) is 5.16. The lowest BCUT2D eigenvalue weighted by atomic mass is 9.96. The van der Waals surface area contributed by atoms with Crippen molar-refractivity contribution in [1.29, 1.82) is 0 Å². The van der Waals surface area contributed by atoms with Crippen LogP contribution in [0.5, 0.6) is 11.8 Å². The van der Waals surface area contributed by atoms with Crippen LogP contribution in [-0.4, -0.2) is 93.4 Å². The number of anilines is 1. The Morgan fingerprint density at radius 2 is 1.84 bits per heavy atom. The van der Waals surface area contributed by atoms with Crippen LogP contribution in [-0.2, 0) is 4.79 Å². The van der Waals surface area contributed by atoms with Crippen LogP contribution in [0, 0.1) is 29.4 Å². The van der Waals surface area contributed by atoms with Crippen molar-refractivity contribution in [3.05, 3.63) is 47.7 Å². The molecular formula is C37H37F3N6O3. The number of carbonyl (C=O) groups is 1. The van der Waals surface area contributed by atoms with Crippen molar-refractivity contribution in [1.82, 2.24) is 24.8 Å². The molecule has 2 bridgehead atoms. The molecule has 4 fully saturated rings. The Morgan fingerprint density at radius 3 is 2.51 bits per heavy atom. The summed E-state index contributed by atoms with van der Waals surface area (Å²) in [6, 6.07) is 5.46. The summed E-state index contributed by atoms with van der Waals surface area (Å²) in [5.41, 5.74) is -0.220. The summed E-state index contributed by atoms with van der Waals surface area (Å²) in [6.07, 6.45) is 11.2. The highest BCUT2D eigenvalue weighted by Crippen LogP contribution is 2.47. The summed E-state index contributed by atoms with van der Waals surface area (Å²) in [5, 5.41) is 11.6. The highest BCUT2D eigenvalue weighted by atomic mass is 19.1. The van der Waals surface area contributed by atoms with E-state index in [0.717, 1.165) is 32.2 Å². The quantitative estimate of drug-likeness (QED) is 0.254. The van der Waals surface area contributed by atoms with E-state index >= 15 is 4.39 Å². The molecule has 2 aromatic carbocycles. The lowest BCUT2D eigenvalue weighted by Crippen LogP contribution is -2.55. The highest BCUT2D eigenvalue weighted by molar-refractivity contribution is 6.03. The molecule has 4 aliphatic rings. The number of rotatable bonds is 7. The first kappa shape index (κ1) is 31.6. The number of carbonyl (C=O) groups excluding carboxylic acids is 1. The predicted octanol–water partition coefficient (Wildman–Crippen LogP) is 5.60. The van der Waals surface area contributed by atoms with Crippen LogP contribution in [0.1, 0.15) is 51.0 Å². The topological polar surface area (TPSA) is 94.9 Å². The highest BCUT2D eigenvalue weighted by Gasteiger charge is 2.46. The monoisotopic (exact) mass is 670 g/mol. The molecule has 0 spiro atoms. The van der Waals surface area contributed by atoms with Crippen molar-refractivity contribution in [2.75, 3.05) is 44.2 Å². The SMILES string of the molecule is C#Cc1c(F)ccc2cc(O)cc(-c3ncc4c(N5CC6CCC(C5)N6C(C)=O)nc(OCC5(CN6CCC(F)CC6)CC5)nc4c3F)c12. The van der Waals surface area contributed by atoms with Gasteiger partial charge in [-0.2, -0.15) is 9.97 Å². The van der Waals surface area contributed by atoms with Gasteiger partial charge in [-0.3, -0.25) is 9.78 Å². The molecule has 3 saturated heterocycles. The number of phenolic OH excluding ortho intramolecular Hbond substituents is 1.